The minimum absolute atomic E-state index is 0. The summed E-state index contributed by atoms with van der Waals surface area (Å²) in [7, 11) is 0. The van der Waals surface area contributed by atoms with Gasteiger partial charge in [-0.05, 0) is 56.1 Å². The molecule has 2 N–H and O–H groups in total. The van der Waals surface area contributed by atoms with E-state index in [-0.39, 0.29) is 54.9 Å². The molecule has 0 saturated heterocycles. The van der Waals surface area contributed by atoms with Gasteiger partial charge in [0.2, 0.25) is 11.6 Å². The molecule has 150 valence electrons. The van der Waals surface area contributed by atoms with Crippen molar-refractivity contribution in [3.05, 3.63) is 82.2 Å². The molecular formula is C18H8Br2CaN6O4. The van der Waals surface area contributed by atoms with Crippen molar-refractivity contribution in [3.63, 3.8) is 0 Å². The quantitative estimate of drug-likeness (QED) is 0.357. The third-order valence-corrected chi connectivity index (χ3v) is 5.20. The molecule has 0 aliphatic heterocycles. The number of rotatable bonds is 3. The Kier molecular flexibility index (Phi) is 7.13. The number of aromatic amines is 2. The summed E-state index contributed by atoms with van der Waals surface area (Å²) in [6.07, 6.45) is 0. The maximum atomic E-state index is 12.1. The summed E-state index contributed by atoms with van der Waals surface area (Å²) in [5.41, 5.74) is -2.21. The van der Waals surface area contributed by atoms with Crippen LogP contribution in [0.2, 0.25) is 0 Å². The number of hydrogen-bond donors (Lipinski definition) is 2. The van der Waals surface area contributed by atoms with E-state index in [1.54, 1.807) is 30.3 Å². The summed E-state index contributed by atoms with van der Waals surface area (Å²) >= 11 is 6.74. The van der Waals surface area contributed by atoms with Gasteiger partial charge in [0.05, 0.1) is 25.4 Å². The van der Waals surface area contributed by atoms with E-state index >= 15 is 0 Å². The summed E-state index contributed by atoms with van der Waals surface area (Å²) in [5.74, 6) is 0.492. The number of nitrogens with zero attached hydrogens (tertiary/aromatic N) is 4. The smallest absolute Gasteiger partial charge is 0.349 e. The Morgan fingerprint density at radius 2 is 1.68 bits per heavy atom. The van der Waals surface area contributed by atoms with Crippen LogP contribution in [0.4, 0.5) is 0 Å². The van der Waals surface area contributed by atoms with Crippen molar-refractivity contribution in [2.45, 2.75) is 0 Å². The topological polar surface area (TPSA) is 147 Å². The fourth-order valence-electron chi connectivity index (χ4n) is 2.68. The average Bonchev–Trinajstić information content (AvgIpc) is 2.72. The Hall–Kier alpha value is -2.30. The number of halogens is 2. The van der Waals surface area contributed by atoms with Gasteiger partial charge in [0.15, 0.2) is 5.75 Å². The number of hydrogen-bond acceptors (Lipinski definition) is 7. The van der Waals surface area contributed by atoms with Gasteiger partial charge in [-0.15, -0.1) is 10.2 Å². The number of H-pyrrole nitrogens is 2. The first-order chi connectivity index (χ1) is 14.4. The summed E-state index contributed by atoms with van der Waals surface area (Å²) < 4.78 is 7.62. The minimum Gasteiger partial charge on any atom is -0.435 e. The van der Waals surface area contributed by atoms with Crippen molar-refractivity contribution in [2.75, 3.05) is 0 Å². The fraction of sp³-hybridized carbons (Fsp3) is 0. The van der Waals surface area contributed by atoms with Crippen LogP contribution in [-0.2, 0) is 0 Å². The molecule has 0 spiro atoms. The number of fused-ring (bicyclic) bond motifs is 1. The molecule has 0 bridgehead atoms. The molecular weight excluding hydrogens is 564 g/mol. The fourth-order valence-corrected chi connectivity index (χ4v) is 4.00. The number of ether oxygens (including phenoxy) is 1. The van der Waals surface area contributed by atoms with E-state index < -0.39 is 16.9 Å². The van der Waals surface area contributed by atoms with Gasteiger partial charge < -0.3 is 4.74 Å². The molecule has 2 aromatic heterocycles. The van der Waals surface area contributed by atoms with Crippen LogP contribution in [0.3, 0.4) is 0 Å². The van der Waals surface area contributed by atoms with Crippen LogP contribution in [0, 0.1) is 11.3 Å². The first-order valence-corrected chi connectivity index (χ1v) is 9.76. The van der Waals surface area contributed by atoms with Crippen molar-refractivity contribution in [2.24, 2.45) is 0 Å². The van der Waals surface area contributed by atoms with Crippen LogP contribution in [0.25, 0.3) is 16.5 Å². The zero-order valence-electron chi connectivity index (χ0n) is 15.3. The zero-order chi connectivity index (χ0) is 21.4. The van der Waals surface area contributed by atoms with Gasteiger partial charge in [0.25, 0.3) is 11.1 Å². The molecule has 0 fully saturated rings. The maximum Gasteiger partial charge on any atom is 0.349 e. The molecule has 2 aromatic carbocycles. The van der Waals surface area contributed by atoms with Crippen LogP contribution >= 0.6 is 31.9 Å². The summed E-state index contributed by atoms with van der Waals surface area (Å²) in [5, 5.41) is 20.0. The zero-order valence-corrected chi connectivity index (χ0v) is 20.7. The van der Waals surface area contributed by atoms with Gasteiger partial charge >= 0.3 is 5.69 Å². The molecule has 0 saturated carbocycles. The van der Waals surface area contributed by atoms with E-state index in [1.165, 1.54) is 12.1 Å². The van der Waals surface area contributed by atoms with Gasteiger partial charge in [-0.1, -0.05) is 12.1 Å². The average molecular weight is 572 g/mol. The minimum atomic E-state index is -0.868. The second-order valence-electron chi connectivity index (χ2n) is 5.88. The van der Waals surface area contributed by atoms with E-state index in [0.29, 0.717) is 25.5 Å². The molecule has 0 atom stereocenters. The monoisotopic (exact) mass is 570 g/mol. The Morgan fingerprint density at radius 1 is 1.03 bits per heavy atom. The molecule has 0 amide bonds. The molecule has 10 nitrogen and oxygen atoms in total. The van der Waals surface area contributed by atoms with Crippen molar-refractivity contribution in [1.29, 1.82) is 5.26 Å². The number of benzene rings is 2. The largest absolute Gasteiger partial charge is 0.435 e. The van der Waals surface area contributed by atoms with E-state index in [1.807, 2.05) is 4.98 Å². The SMILES string of the molecule is N#Cc1nn(-c2cc(Br)c(Oc3n[nH]c(=O)c4ccccc34)c(Br)c2)c(=O)[nH]c1=O.[Ca]. The molecule has 2 heterocycles. The van der Waals surface area contributed by atoms with Crippen LogP contribution in [0.1, 0.15) is 5.69 Å². The predicted molar refractivity (Wildman–Crippen MR) is 119 cm³/mol. The maximum absolute atomic E-state index is 12.1. The molecule has 13 heteroatoms. The molecule has 0 unspecified atom stereocenters. The molecule has 31 heavy (non-hydrogen) atoms. The number of nitriles is 1. The van der Waals surface area contributed by atoms with Gasteiger partial charge in [0, 0.05) is 37.7 Å². The van der Waals surface area contributed by atoms with E-state index in [9.17, 15) is 14.4 Å². The first-order valence-electron chi connectivity index (χ1n) is 8.17. The molecule has 4 aromatic rings. The van der Waals surface area contributed by atoms with Gasteiger partial charge in [0.1, 0.15) is 6.07 Å². The molecule has 0 aliphatic rings. The van der Waals surface area contributed by atoms with Crippen molar-refractivity contribution in [1.82, 2.24) is 25.0 Å². The third kappa shape index (κ3) is 4.51. The van der Waals surface area contributed by atoms with E-state index in [2.05, 4.69) is 47.2 Å². The van der Waals surface area contributed by atoms with E-state index in [0.717, 1.165) is 4.68 Å². The van der Waals surface area contributed by atoms with E-state index in [4.69, 9.17) is 10.00 Å². The summed E-state index contributed by atoms with van der Waals surface area (Å²) in [6, 6.07) is 11.5. The Labute approximate surface area is 219 Å². The van der Waals surface area contributed by atoms with Crippen molar-refractivity contribution in [3.8, 4) is 23.4 Å². The molecule has 0 aliphatic carbocycles. The Morgan fingerprint density at radius 3 is 2.32 bits per heavy atom. The molecule has 4 rings (SSSR count). The van der Waals surface area contributed by atoms with Crippen LogP contribution < -0.4 is 21.5 Å². The van der Waals surface area contributed by atoms with Crippen molar-refractivity contribution >= 4 is 80.4 Å². The van der Waals surface area contributed by atoms with Gasteiger partial charge in [-0.25, -0.2) is 9.89 Å². The number of aromatic nitrogens is 5. The predicted octanol–water partition coefficient (Wildman–Crippen LogP) is 1.97. The second kappa shape index (κ2) is 9.46. The van der Waals surface area contributed by atoms with Crippen molar-refractivity contribution < 1.29 is 4.74 Å². The Bertz CT molecular complexity index is 1520. The van der Waals surface area contributed by atoms with Crippen LogP contribution in [0.5, 0.6) is 11.6 Å². The van der Waals surface area contributed by atoms with Crippen LogP contribution in [0.15, 0.2) is 59.7 Å². The standard InChI is InChI=1S/C18H8Br2N6O4.Ca/c19-11-5-8(26-18(29)22-16(28)13(7-21)25-26)6-12(20)14(11)30-17-10-4-2-1-3-9(10)15(27)23-24-17;/h1-6H,(H,23,27)(H,22,28,29);. The normalized spacial score (nSPS) is 10.4. The molecule has 2 radical (unpaired) electrons. The van der Waals surface area contributed by atoms with Gasteiger partial charge in [-0.2, -0.15) is 9.94 Å². The summed E-state index contributed by atoms with van der Waals surface area (Å²) in [6.45, 7) is 0. The summed E-state index contributed by atoms with van der Waals surface area (Å²) in [4.78, 5) is 37.7. The third-order valence-electron chi connectivity index (χ3n) is 4.02. The second-order valence-corrected chi connectivity index (χ2v) is 7.58. The first kappa shape index (κ1) is 23.4. The number of nitrogens with one attached hydrogen (secondary N) is 2. The Balaban J connectivity index is 0.00000272. The van der Waals surface area contributed by atoms with Crippen LogP contribution in [-0.4, -0.2) is 62.7 Å². The van der Waals surface area contributed by atoms with Gasteiger partial charge in [-0.3, -0.25) is 14.6 Å².